The molecule has 1 heterocycles. The highest BCUT2D eigenvalue weighted by atomic mass is 35.5. The summed E-state index contributed by atoms with van der Waals surface area (Å²) in [6, 6.07) is 8.44. The topological polar surface area (TPSA) is 36.7 Å². The Hall–Kier alpha value is -2.06. The summed E-state index contributed by atoms with van der Waals surface area (Å²) in [4.78, 5) is 3.90. The number of aromatic nitrogens is 1. The fourth-order valence-electron chi connectivity index (χ4n) is 1.74. The Balaban J connectivity index is 2.47. The quantitative estimate of drug-likeness (QED) is 0.766. The number of alkyl halides is 3. The molecule has 2 rings (SSSR count). The van der Waals surface area contributed by atoms with Crippen LogP contribution in [-0.2, 0) is 12.6 Å². The number of pyridine rings is 1. The second-order valence-corrected chi connectivity index (χ2v) is 4.45. The van der Waals surface area contributed by atoms with Crippen LogP contribution in [0, 0.1) is 11.3 Å². The Morgan fingerprint density at radius 2 is 1.95 bits per heavy atom. The Kier molecular flexibility index (Phi) is 3.96. The van der Waals surface area contributed by atoms with Crippen molar-refractivity contribution in [3.8, 4) is 17.2 Å². The molecule has 0 saturated carbocycles. The van der Waals surface area contributed by atoms with Gasteiger partial charge in [0.1, 0.15) is 5.15 Å². The Morgan fingerprint density at radius 1 is 1.20 bits per heavy atom. The van der Waals surface area contributed by atoms with Crippen molar-refractivity contribution in [3.63, 3.8) is 0 Å². The molecule has 1 aromatic carbocycles. The smallest absolute Gasteiger partial charge is 0.244 e. The van der Waals surface area contributed by atoms with Crippen molar-refractivity contribution in [1.29, 1.82) is 5.26 Å². The zero-order valence-electron chi connectivity index (χ0n) is 10.1. The summed E-state index contributed by atoms with van der Waals surface area (Å²) in [5, 5.41) is 8.85. The standard InChI is InChI=1S/C14H8ClF3N2/c15-13-10(4-5-19)6-11(8-20-13)9-2-1-3-12(7-9)14(16,17)18/h1-3,6-8H,4H2. The first-order valence-corrected chi connectivity index (χ1v) is 5.98. The van der Waals surface area contributed by atoms with Gasteiger partial charge in [-0.05, 0) is 23.8 Å². The number of hydrogen-bond donors (Lipinski definition) is 0. The molecule has 2 nitrogen and oxygen atoms in total. The van der Waals surface area contributed by atoms with Gasteiger partial charge in [-0.3, -0.25) is 0 Å². The van der Waals surface area contributed by atoms with Crippen LogP contribution in [0.3, 0.4) is 0 Å². The van der Waals surface area contributed by atoms with Gasteiger partial charge < -0.3 is 0 Å². The van der Waals surface area contributed by atoms with Gasteiger partial charge in [0.2, 0.25) is 0 Å². The van der Waals surface area contributed by atoms with E-state index in [0.717, 1.165) is 12.1 Å². The molecule has 0 saturated heterocycles. The van der Waals surface area contributed by atoms with Crippen molar-refractivity contribution in [1.82, 2.24) is 4.98 Å². The molecule has 0 spiro atoms. The SMILES string of the molecule is N#CCc1cc(-c2cccc(C(F)(F)F)c2)cnc1Cl. The van der Waals surface area contributed by atoms with E-state index in [1.807, 2.05) is 6.07 Å². The van der Waals surface area contributed by atoms with E-state index in [0.29, 0.717) is 16.7 Å². The van der Waals surface area contributed by atoms with Gasteiger partial charge in [0, 0.05) is 17.3 Å². The number of halogens is 4. The first kappa shape index (κ1) is 14.4. The van der Waals surface area contributed by atoms with Crippen molar-refractivity contribution < 1.29 is 13.2 Å². The van der Waals surface area contributed by atoms with E-state index in [1.165, 1.54) is 12.3 Å². The number of rotatable bonds is 2. The first-order chi connectivity index (χ1) is 9.41. The Bertz CT molecular complexity index is 675. The van der Waals surface area contributed by atoms with E-state index in [-0.39, 0.29) is 11.6 Å². The maximum Gasteiger partial charge on any atom is 0.416 e. The molecule has 0 atom stereocenters. The third-order valence-corrected chi connectivity index (χ3v) is 3.04. The maximum atomic E-state index is 12.7. The molecule has 0 bridgehead atoms. The van der Waals surface area contributed by atoms with E-state index in [2.05, 4.69) is 4.98 Å². The summed E-state index contributed by atoms with van der Waals surface area (Å²) in [5.74, 6) is 0. The van der Waals surface area contributed by atoms with Crippen molar-refractivity contribution in [2.45, 2.75) is 12.6 Å². The van der Waals surface area contributed by atoms with E-state index in [9.17, 15) is 13.2 Å². The molecule has 6 heteroatoms. The van der Waals surface area contributed by atoms with Gasteiger partial charge >= 0.3 is 6.18 Å². The lowest BCUT2D eigenvalue weighted by molar-refractivity contribution is -0.137. The van der Waals surface area contributed by atoms with Crippen molar-refractivity contribution in [2.75, 3.05) is 0 Å². The molecule has 0 aliphatic carbocycles. The number of hydrogen-bond acceptors (Lipinski definition) is 2. The predicted octanol–water partition coefficient (Wildman–Crippen LogP) is 4.49. The second-order valence-electron chi connectivity index (χ2n) is 4.09. The molecule has 0 amide bonds. The largest absolute Gasteiger partial charge is 0.416 e. The van der Waals surface area contributed by atoms with Crippen LogP contribution < -0.4 is 0 Å². The zero-order chi connectivity index (χ0) is 14.8. The fourth-order valence-corrected chi connectivity index (χ4v) is 1.91. The molecule has 0 N–H and O–H groups in total. The molecular weight excluding hydrogens is 289 g/mol. The molecule has 2 aromatic rings. The Morgan fingerprint density at radius 3 is 2.60 bits per heavy atom. The second kappa shape index (κ2) is 5.51. The molecule has 20 heavy (non-hydrogen) atoms. The molecule has 102 valence electrons. The minimum absolute atomic E-state index is 0.0542. The highest BCUT2D eigenvalue weighted by Gasteiger charge is 2.30. The number of nitriles is 1. The van der Waals surface area contributed by atoms with E-state index >= 15 is 0 Å². The fraction of sp³-hybridized carbons (Fsp3) is 0.143. The monoisotopic (exact) mass is 296 g/mol. The molecule has 0 fully saturated rings. The van der Waals surface area contributed by atoms with Gasteiger partial charge in [-0.15, -0.1) is 0 Å². The molecule has 0 aliphatic rings. The van der Waals surface area contributed by atoms with E-state index < -0.39 is 11.7 Å². The average Bonchev–Trinajstić information content (AvgIpc) is 2.41. The van der Waals surface area contributed by atoms with Gasteiger partial charge in [0.25, 0.3) is 0 Å². The highest BCUT2D eigenvalue weighted by molar-refractivity contribution is 6.30. The Labute approximate surface area is 118 Å². The average molecular weight is 297 g/mol. The van der Waals surface area contributed by atoms with Crippen LogP contribution in [0.15, 0.2) is 36.5 Å². The molecule has 0 aliphatic heterocycles. The van der Waals surface area contributed by atoms with Crippen LogP contribution in [0.5, 0.6) is 0 Å². The van der Waals surface area contributed by atoms with Gasteiger partial charge in [-0.1, -0.05) is 23.7 Å². The highest BCUT2D eigenvalue weighted by Crippen LogP contribution is 2.32. The lowest BCUT2D eigenvalue weighted by Gasteiger charge is -2.09. The number of benzene rings is 1. The lowest BCUT2D eigenvalue weighted by atomic mass is 10.0. The molecule has 0 unspecified atom stereocenters. The zero-order valence-corrected chi connectivity index (χ0v) is 10.8. The van der Waals surface area contributed by atoms with Crippen LogP contribution in [-0.4, -0.2) is 4.98 Å². The van der Waals surface area contributed by atoms with Gasteiger partial charge in [-0.2, -0.15) is 18.4 Å². The van der Waals surface area contributed by atoms with Crippen LogP contribution in [0.1, 0.15) is 11.1 Å². The maximum absolute atomic E-state index is 12.7. The van der Waals surface area contributed by atoms with Crippen LogP contribution in [0.4, 0.5) is 13.2 Å². The third-order valence-electron chi connectivity index (χ3n) is 2.70. The van der Waals surface area contributed by atoms with Crippen molar-refractivity contribution in [3.05, 3.63) is 52.8 Å². The van der Waals surface area contributed by atoms with Crippen molar-refractivity contribution in [2.24, 2.45) is 0 Å². The minimum Gasteiger partial charge on any atom is -0.244 e. The van der Waals surface area contributed by atoms with Gasteiger partial charge in [0.15, 0.2) is 0 Å². The minimum atomic E-state index is -4.40. The molecule has 1 aromatic heterocycles. The summed E-state index contributed by atoms with van der Waals surface area (Å²) < 4.78 is 38.0. The van der Waals surface area contributed by atoms with E-state index in [4.69, 9.17) is 16.9 Å². The van der Waals surface area contributed by atoms with Gasteiger partial charge in [-0.25, -0.2) is 4.98 Å². The summed E-state index contributed by atoms with van der Waals surface area (Å²) in [6.45, 7) is 0. The van der Waals surface area contributed by atoms with E-state index in [1.54, 1.807) is 12.1 Å². The number of nitrogens with zero attached hydrogens (tertiary/aromatic N) is 2. The van der Waals surface area contributed by atoms with Gasteiger partial charge in [0.05, 0.1) is 18.1 Å². The third kappa shape index (κ3) is 3.09. The van der Waals surface area contributed by atoms with Crippen LogP contribution in [0.25, 0.3) is 11.1 Å². The van der Waals surface area contributed by atoms with Crippen LogP contribution in [0.2, 0.25) is 5.15 Å². The summed E-state index contributed by atoms with van der Waals surface area (Å²) in [6.07, 6.45) is -2.96. The summed E-state index contributed by atoms with van der Waals surface area (Å²) in [7, 11) is 0. The summed E-state index contributed by atoms with van der Waals surface area (Å²) in [5.41, 5.74) is 0.629. The lowest BCUT2D eigenvalue weighted by Crippen LogP contribution is -2.04. The van der Waals surface area contributed by atoms with Crippen molar-refractivity contribution >= 4 is 11.6 Å². The normalized spacial score (nSPS) is 11.2. The predicted molar refractivity (Wildman–Crippen MR) is 69.0 cm³/mol. The molecule has 0 radical (unpaired) electrons. The summed E-state index contributed by atoms with van der Waals surface area (Å²) >= 11 is 5.82. The molecular formula is C14H8ClF3N2. The first-order valence-electron chi connectivity index (χ1n) is 5.61. The van der Waals surface area contributed by atoms with Crippen LogP contribution >= 0.6 is 11.6 Å².